The molecule has 0 spiro atoms. The molecule has 35 heavy (non-hydrogen) atoms. The first-order chi connectivity index (χ1) is 16.3. The molecule has 1 aromatic rings. The minimum Gasteiger partial charge on any atom is -0.456 e. The number of β-lactam (4-membered cyclic amide) rings is 1. The number of esters is 1. The minimum atomic E-state index is -1.83. The quantitative estimate of drug-likeness (QED) is 0.244. The molecule has 2 aliphatic heterocycles. The van der Waals surface area contributed by atoms with Crippen molar-refractivity contribution in [3.05, 3.63) is 50.5 Å². The van der Waals surface area contributed by atoms with Crippen LogP contribution in [0.15, 0.2) is 34.9 Å². The SMILES string of the molecule is CCC1C(=O)N2C(C(=O)OCc3ccc([N+](=O)[O-])cc3)=C(S(=O)C(C)NC(=O)OC(C)(C)C)CC12. The van der Waals surface area contributed by atoms with Crippen LogP contribution in [0, 0.1) is 16.0 Å². The fraction of sp³-hybridized carbons (Fsp3) is 0.522. The zero-order valence-corrected chi connectivity index (χ0v) is 21.0. The first-order valence-electron chi connectivity index (χ1n) is 11.2. The molecule has 2 heterocycles. The molecule has 0 aromatic heterocycles. The van der Waals surface area contributed by atoms with Gasteiger partial charge in [0.15, 0.2) is 0 Å². The molecule has 0 aliphatic carbocycles. The lowest BCUT2D eigenvalue weighted by Crippen LogP contribution is -2.58. The number of fused-ring (bicyclic) bond motifs is 1. The number of nitrogens with one attached hydrogen (secondary N) is 1. The number of alkyl carbamates (subject to hydrolysis) is 1. The van der Waals surface area contributed by atoms with E-state index in [1.807, 2.05) is 6.92 Å². The zero-order valence-electron chi connectivity index (χ0n) is 20.2. The van der Waals surface area contributed by atoms with E-state index < -0.39 is 38.8 Å². The maximum atomic E-state index is 13.3. The Morgan fingerprint density at radius 1 is 1.29 bits per heavy atom. The second-order valence-electron chi connectivity index (χ2n) is 9.35. The third-order valence-electron chi connectivity index (χ3n) is 5.68. The highest BCUT2D eigenvalue weighted by Crippen LogP contribution is 2.45. The normalized spacial score (nSPS) is 21.1. The average Bonchev–Trinajstić information content (AvgIpc) is 3.11. The number of nitrogens with zero attached hydrogens (tertiary/aromatic N) is 2. The molecule has 11 nitrogen and oxygen atoms in total. The van der Waals surface area contributed by atoms with Crippen molar-refractivity contribution in [1.82, 2.24) is 10.2 Å². The third kappa shape index (κ3) is 5.69. The number of benzene rings is 1. The molecule has 0 saturated carbocycles. The van der Waals surface area contributed by atoms with E-state index in [1.54, 1.807) is 20.8 Å². The Hall–Kier alpha value is -3.28. The van der Waals surface area contributed by atoms with Crippen molar-refractivity contribution in [2.75, 3.05) is 0 Å². The van der Waals surface area contributed by atoms with Gasteiger partial charge in [-0.05, 0) is 51.8 Å². The average molecular weight is 508 g/mol. The molecule has 4 unspecified atom stereocenters. The number of hydrogen-bond acceptors (Lipinski definition) is 8. The Morgan fingerprint density at radius 3 is 2.46 bits per heavy atom. The number of nitro groups is 1. The smallest absolute Gasteiger partial charge is 0.408 e. The summed E-state index contributed by atoms with van der Waals surface area (Å²) in [6.45, 7) is 8.32. The van der Waals surface area contributed by atoms with Crippen LogP contribution in [0.25, 0.3) is 0 Å². The van der Waals surface area contributed by atoms with Crippen molar-refractivity contribution in [3.8, 4) is 0 Å². The highest BCUT2D eigenvalue weighted by Gasteiger charge is 2.55. The second kappa shape index (κ2) is 10.1. The maximum absolute atomic E-state index is 13.3. The summed E-state index contributed by atoms with van der Waals surface area (Å²) in [4.78, 5) is 49.7. The van der Waals surface area contributed by atoms with E-state index in [0.29, 0.717) is 12.0 Å². The summed E-state index contributed by atoms with van der Waals surface area (Å²) in [5.41, 5.74) is -0.385. The molecule has 1 N–H and O–H groups in total. The Morgan fingerprint density at radius 2 is 1.91 bits per heavy atom. The number of carbonyl (C=O) groups excluding carboxylic acids is 3. The molecule has 0 radical (unpaired) electrons. The van der Waals surface area contributed by atoms with Gasteiger partial charge in [-0.2, -0.15) is 0 Å². The number of rotatable bonds is 8. The van der Waals surface area contributed by atoms with Gasteiger partial charge in [0, 0.05) is 18.6 Å². The largest absolute Gasteiger partial charge is 0.456 e. The van der Waals surface area contributed by atoms with Gasteiger partial charge in [-0.1, -0.05) is 6.92 Å². The number of nitro benzene ring substituents is 1. The van der Waals surface area contributed by atoms with E-state index in [4.69, 9.17) is 9.47 Å². The number of non-ortho nitro benzene ring substituents is 1. The molecular weight excluding hydrogens is 478 g/mol. The summed E-state index contributed by atoms with van der Waals surface area (Å²) in [6, 6.07) is 5.23. The van der Waals surface area contributed by atoms with Gasteiger partial charge in [0.25, 0.3) is 5.69 Å². The van der Waals surface area contributed by atoms with E-state index in [9.17, 15) is 28.7 Å². The second-order valence-corrected chi connectivity index (χ2v) is 11.1. The van der Waals surface area contributed by atoms with Crippen LogP contribution in [0.5, 0.6) is 0 Å². The molecule has 4 atom stereocenters. The lowest BCUT2D eigenvalue weighted by atomic mass is 9.85. The van der Waals surface area contributed by atoms with E-state index in [1.165, 1.54) is 36.1 Å². The Bertz CT molecular complexity index is 1090. The van der Waals surface area contributed by atoms with Crippen LogP contribution in [-0.2, 0) is 36.5 Å². The molecule has 2 aliphatic rings. The third-order valence-corrected chi connectivity index (χ3v) is 7.29. The molecule has 3 rings (SSSR count). The lowest BCUT2D eigenvalue weighted by Gasteiger charge is -2.43. The fourth-order valence-corrected chi connectivity index (χ4v) is 5.38. The molecule has 1 fully saturated rings. The molecule has 1 aromatic carbocycles. The van der Waals surface area contributed by atoms with Gasteiger partial charge in [-0.3, -0.25) is 19.1 Å². The van der Waals surface area contributed by atoms with Crippen LogP contribution in [-0.4, -0.2) is 49.0 Å². The molecular formula is C23H29N3O8S. The summed E-state index contributed by atoms with van der Waals surface area (Å²) in [5.74, 6) is -1.34. The highest BCUT2D eigenvalue weighted by atomic mass is 32.2. The number of carbonyl (C=O) groups is 3. The Balaban J connectivity index is 1.79. The summed E-state index contributed by atoms with van der Waals surface area (Å²) >= 11 is 0. The van der Waals surface area contributed by atoms with Crippen LogP contribution in [0.4, 0.5) is 10.5 Å². The monoisotopic (exact) mass is 507 g/mol. The van der Waals surface area contributed by atoms with E-state index in [-0.39, 0.29) is 47.2 Å². The first kappa shape index (κ1) is 26.3. The summed E-state index contributed by atoms with van der Waals surface area (Å²) in [6.07, 6.45) is 0.0700. The predicted molar refractivity (Wildman–Crippen MR) is 126 cm³/mol. The molecule has 0 bridgehead atoms. The van der Waals surface area contributed by atoms with Gasteiger partial charge in [0.1, 0.15) is 23.3 Å². The van der Waals surface area contributed by atoms with Gasteiger partial charge in [0.2, 0.25) is 5.91 Å². The number of hydrogen-bond donors (Lipinski definition) is 1. The van der Waals surface area contributed by atoms with Crippen LogP contribution in [0.1, 0.15) is 53.0 Å². The summed E-state index contributed by atoms with van der Waals surface area (Å²) < 4.78 is 23.9. The van der Waals surface area contributed by atoms with Crippen molar-refractivity contribution < 1.29 is 33.0 Å². The molecule has 190 valence electrons. The van der Waals surface area contributed by atoms with Crippen LogP contribution < -0.4 is 5.32 Å². The first-order valence-corrected chi connectivity index (χ1v) is 12.4. The standard InChI is InChI=1S/C23H29N3O8S/c1-6-16-17-11-18(35(32)13(2)24-22(29)34-23(3,4)5)19(25(17)20(16)27)21(28)33-12-14-7-9-15(10-8-14)26(30)31/h7-10,13,16-17H,6,11-12H2,1-5H3,(H,24,29). The van der Waals surface area contributed by atoms with Crippen LogP contribution in [0.2, 0.25) is 0 Å². The van der Waals surface area contributed by atoms with E-state index in [0.717, 1.165) is 0 Å². The molecule has 12 heteroatoms. The predicted octanol–water partition coefficient (Wildman–Crippen LogP) is 3.11. The van der Waals surface area contributed by atoms with Gasteiger partial charge < -0.3 is 19.7 Å². The topological polar surface area (TPSA) is 145 Å². The minimum absolute atomic E-state index is 0.0669. The van der Waals surface area contributed by atoms with Gasteiger partial charge in [-0.25, -0.2) is 9.59 Å². The lowest BCUT2D eigenvalue weighted by molar-refractivity contribution is -0.384. The zero-order chi connectivity index (χ0) is 26.1. The van der Waals surface area contributed by atoms with Gasteiger partial charge >= 0.3 is 12.1 Å². The van der Waals surface area contributed by atoms with Gasteiger partial charge in [-0.15, -0.1) is 0 Å². The Kier molecular flexibility index (Phi) is 7.63. The molecule has 1 saturated heterocycles. The van der Waals surface area contributed by atoms with Crippen molar-refractivity contribution in [3.63, 3.8) is 0 Å². The van der Waals surface area contributed by atoms with Crippen molar-refractivity contribution in [2.45, 2.75) is 71.1 Å². The fourth-order valence-electron chi connectivity index (χ4n) is 4.04. The van der Waals surface area contributed by atoms with Crippen LogP contribution in [0.3, 0.4) is 0 Å². The highest BCUT2D eigenvalue weighted by molar-refractivity contribution is 7.89. The summed E-state index contributed by atoms with van der Waals surface area (Å²) in [7, 11) is -1.83. The Labute approximate surface area is 205 Å². The van der Waals surface area contributed by atoms with E-state index in [2.05, 4.69) is 5.32 Å². The van der Waals surface area contributed by atoms with Crippen molar-refractivity contribution in [2.24, 2.45) is 5.92 Å². The maximum Gasteiger partial charge on any atom is 0.408 e. The summed E-state index contributed by atoms with van der Waals surface area (Å²) in [5, 5.41) is 12.5. The van der Waals surface area contributed by atoms with Crippen molar-refractivity contribution >= 4 is 34.5 Å². The van der Waals surface area contributed by atoms with Crippen molar-refractivity contribution in [1.29, 1.82) is 0 Å². The number of amides is 2. The van der Waals surface area contributed by atoms with E-state index >= 15 is 0 Å². The van der Waals surface area contributed by atoms with Crippen LogP contribution >= 0.6 is 0 Å². The number of ether oxygens (including phenoxy) is 2. The van der Waals surface area contributed by atoms with Gasteiger partial charge in [0.05, 0.1) is 32.6 Å². The molecule has 2 amide bonds.